The maximum Gasteiger partial charge on any atom is 0.326 e. The molecule has 0 radical (unpaired) electrons. The van der Waals surface area contributed by atoms with Gasteiger partial charge in [-0.2, -0.15) is 0 Å². The minimum absolute atomic E-state index is 1.32. The zero-order valence-corrected chi connectivity index (χ0v) is 9.60. The van der Waals surface area contributed by atoms with Crippen LogP contribution in [0.5, 0.6) is 0 Å². The SMILES string of the molecule is C1=Cc2cccc1c2.Cl[SiH](Cl)Cl. The highest BCUT2D eigenvalue weighted by atomic mass is 35.8. The second kappa shape index (κ2) is 4.93. The van der Waals surface area contributed by atoms with Gasteiger partial charge in [0, 0.05) is 0 Å². The lowest BCUT2D eigenvalue weighted by atomic mass is 10.2. The summed E-state index contributed by atoms with van der Waals surface area (Å²) in [6.07, 6.45) is 4.24. The molecule has 0 aromatic heterocycles. The molecule has 0 unspecified atom stereocenters. The van der Waals surface area contributed by atoms with Crippen LogP contribution in [-0.4, -0.2) is 6.73 Å². The van der Waals surface area contributed by atoms with Crippen molar-refractivity contribution >= 4 is 52.1 Å². The third-order valence-corrected chi connectivity index (χ3v) is 1.38. The Balaban J connectivity index is 0.000000157. The molecule has 1 aliphatic carbocycles. The van der Waals surface area contributed by atoms with E-state index in [1.807, 2.05) is 0 Å². The van der Waals surface area contributed by atoms with Gasteiger partial charge in [-0.15, -0.1) is 33.2 Å². The third-order valence-electron chi connectivity index (χ3n) is 1.38. The van der Waals surface area contributed by atoms with Gasteiger partial charge in [-0.05, 0) is 17.2 Å². The van der Waals surface area contributed by atoms with Crippen molar-refractivity contribution in [3.05, 3.63) is 35.4 Å². The number of hydrogen-bond acceptors (Lipinski definition) is 0. The Kier molecular flexibility index (Phi) is 4.16. The van der Waals surface area contributed by atoms with Crippen LogP contribution < -0.4 is 0 Å². The standard InChI is InChI=1S/C8H6.Cl3HSi/c1-2-7-4-5-8(3-1)6-7;1-4(2)3/h1-6H;4H. The van der Waals surface area contributed by atoms with Crippen molar-refractivity contribution in [3.8, 4) is 0 Å². The molecule has 0 fully saturated rings. The van der Waals surface area contributed by atoms with Crippen molar-refractivity contribution in [3.63, 3.8) is 0 Å². The largest absolute Gasteiger partial charge is 0.326 e. The lowest BCUT2D eigenvalue weighted by molar-refractivity contribution is 1.67. The van der Waals surface area contributed by atoms with Crippen molar-refractivity contribution < 1.29 is 0 Å². The molecule has 2 rings (SSSR count). The van der Waals surface area contributed by atoms with Crippen LogP contribution in [0.25, 0.3) is 12.2 Å². The Morgan fingerprint density at radius 1 is 0.917 bits per heavy atom. The van der Waals surface area contributed by atoms with E-state index in [1.54, 1.807) is 0 Å². The van der Waals surface area contributed by atoms with Crippen LogP contribution in [0.1, 0.15) is 11.1 Å². The first-order valence-corrected chi connectivity index (χ1v) is 8.62. The molecule has 4 heteroatoms. The third kappa shape index (κ3) is 3.63. The first-order chi connectivity index (χ1) is 5.68. The van der Waals surface area contributed by atoms with E-state index < -0.39 is 6.73 Å². The molecule has 2 bridgehead atoms. The van der Waals surface area contributed by atoms with Gasteiger partial charge in [-0.1, -0.05) is 30.4 Å². The molecule has 0 nitrogen and oxygen atoms in total. The Labute approximate surface area is 87.5 Å². The molecule has 0 spiro atoms. The van der Waals surface area contributed by atoms with Crippen LogP contribution in [0.3, 0.4) is 0 Å². The number of fused-ring (bicyclic) bond motifs is 2. The molecule has 1 aromatic rings. The molecule has 0 saturated carbocycles. The number of rotatable bonds is 0. The van der Waals surface area contributed by atoms with E-state index in [1.165, 1.54) is 11.1 Å². The molecule has 1 aromatic carbocycles. The van der Waals surface area contributed by atoms with E-state index in [4.69, 9.17) is 33.2 Å². The zero-order valence-electron chi connectivity index (χ0n) is 6.18. The molecule has 0 aliphatic heterocycles. The second-order valence-corrected chi connectivity index (χ2v) is 8.68. The number of halogens is 3. The molecular formula is C8H7Cl3Si. The molecule has 0 heterocycles. The Morgan fingerprint density at radius 3 is 1.67 bits per heavy atom. The summed E-state index contributed by atoms with van der Waals surface area (Å²) in [7, 11) is 0. The summed E-state index contributed by atoms with van der Waals surface area (Å²) in [5.41, 5.74) is 2.64. The summed E-state index contributed by atoms with van der Waals surface area (Å²) in [5, 5.41) is 0. The summed E-state index contributed by atoms with van der Waals surface area (Å²) >= 11 is 14.8. The average molecular weight is 238 g/mol. The van der Waals surface area contributed by atoms with Gasteiger partial charge in [-0.25, -0.2) is 0 Å². The quantitative estimate of drug-likeness (QED) is 0.485. The second-order valence-electron chi connectivity index (χ2n) is 2.25. The molecule has 0 N–H and O–H groups in total. The van der Waals surface area contributed by atoms with Crippen molar-refractivity contribution in [2.75, 3.05) is 0 Å². The summed E-state index contributed by atoms with van der Waals surface area (Å²) in [4.78, 5) is 0. The van der Waals surface area contributed by atoms with Crippen molar-refractivity contribution in [1.82, 2.24) is 0 Å². The fraction of sp³-hybridized carbons (Fsp3) is 0. The maximum absolute atomic E-state index is 4.94. The topological polar surface area (TPSA) is 0 Å². The van der Waals surface area contributed by atoms with Crippen LogP contribution in [0.15, 0.2) is 24.3 Å². The normalized spacial score (nSPS) is 11.3. The minimum atomic E-state index is -1.72. The average Bonchev–Trinajstić information content (AvgIpc) is 2.30. The Bertz CT molecular complexity index is 259. The molecule has 12 heavy (non-hydrogen) atoms. The highest BCUT2D eigenvalue weighted by molar-refractivity contribution is 7.54. The molecule has 1 aliphatic rings. The van der Waals surface area contributed by atoms with Crippen molar-refractivity contribution in [2.45, 2.75) is 0 Å². The van der Waals surface area contributed by atoms with Crippen LogP contribution >= 0.6 is 33.2 Å². The fourth-order valence-corrected chi connectivity index (χ4v) is 0.959. The number of benzene rings is 1. The van der Waals surface area contributed by atoms with Gasteiger partial charge in [0.05, 0.1) is 0 Å². The minimum Gasteiger partial charge on any atom is -0.130 e. The van der Waals surface area contributed by atoms with E-state index >= 15 is 0 Å². The predicted molar refractivity (Wildman–Crippen MR) is 60.1 cm³/mol. The lowest BCUT2D eigenvalue weighted by Gasteiger charge is -1.83. The van der Waals surface area contributed by atoms with Crippen molar-refractivity contribution in [1.29, 1.82) is 0 Å². The van der Waals surface area contributed by atoms with Crippen LogP contribution in [-0.2, 0) is 0 Å². The molecular weight excluding hydrogens is 231 g/mol. The fourth-order valence-electron chi connectivity index (χ4n) is 0.959. The van der Waals surface area contributed by atoms with E-state index in [9.17, 15) is 0 Å². The summed E-state index contributed by atoms with van der Waals surface area (Å²) in [5.74, 6) is 0. The van der Waals surface area contributed by atoms with E-state index in [-0.39, 0.29) is 0 Å². The summed E-state index contributed by atoms with van der Waals surface area (Å²) < 4.78 is 0. The smallest absolute Gasteiger partial charge is 0.130 e. The van der Waals surface area contributed by atoms with Crippen LogP contribution in [0.4, 0.5) is 0 Å². The van der Waals surface area contributed by atoms with Gasteiger partial charge in [0.25, 0.3) is 0 Å². The van der Waals surface area contributed by atoms with E-state index in [0.717, 1.165) is 0 Å². The zero-order chi connectivity index (χ0) is 8.97. The predicted octanol–water partition coefficient (Wildman–Crippen LogP) is 3.59. The van der Waals surface area contributed by atoms with Gasteiger partial charge < -0.3 is 0 Å². The van der Waals surface area contributed by atoms with Crippen molar-refractivity contribution in [2.24, 2.45) is 0 Å². The Hall–Kier alpha value is 0.0469. The van der Waals surface area contributed by atoms with E-state index in [2.05, 4.69) is 36.4 Å². The number of hydrogen-bond donors (Lipinski definition) is 0. The monoisotopic (exact) mass is 236 g/mol. The van der Waals surface area contributed by atoms with Gasteiger partial charge in [0.1, 0.15) is 0 Å². The first-order valence-electron chi connectivity index (χ1n) is 3.39. The Morgan fingerprint density at radius 2 is 1.33 bits per heavy atom. The highest BCUT2D eigenvalue weighted by Crippen LogP contribution is 2.16. The molecule has 0 amide bonds. The van der Waals surface area contributed by atoms with Gasteiger partial charge in [0.2, 0.25) is 0 Å². The van der Waals surface area contributed by atoms with Crippen LogP contribution in [0, 0.1) is 0 Å². The molecule has 64 valence electrons. The summed E-state index contributed by atoms with van der Waals surface area (Å²) in [6.45, 7) is -1.72. The van der Waals surface area contributed by atoms with E-state index in [0.29, 0.717) is 0 Å². The van der Waals surface area contributed by atoms with Crippen LogP contribution in [0.2, 0.25) is 0 Å². The first kappa shape index (κ1) is 10.1. The van der Waals surface area contributed by atoms with Gasteiger partial charge in [0.15, 0.2) is 0 Å². The lowest BCUT2D eigenvalue weighted by Crippen LogP contribution is -1.66. The highest BCUT2D eigenvalue weighted by Gasteiger charge is 1.94. The summed E-state index contributed by atoms with van der Waals surface area (Å²) in [6, 6.07) is 8.45. The maximum atomic E-state index is 4.94. The van der Waals surface area contributed by atoms with Gasteiger partial charge >= 0.3 is 6.73 Å². The molecule has 0 saturated heterocycles. The molecule has 0 atom stereocenters. The van der Waals surface area contributed by atoms with Gasteiger partial charge in [-0.3, -0.25) is 0 Å².